The second-order valence-corrected chi connectivity index (χ2v) is 5.64. The molecule has 8 heteroatoms. The average molecular weight is 298 g/mol. The van der Waals surface area contributed by atoms with Crippen molar-refractivity contribution in [2.24, 2.45) is 0 Å². The summed E-state index contributed by atoms with van der Waals surface area (Å²) in [4.78, 5) is -0.169. The monoisotopic (exact) mass is 298 g/mol. The van der Waals surface area contributed by atoms with E-state index in [2.05, 4.69) is 4.18 Å². The molecule has 1 aromatic carbocycles. The molecule has 0 fully saturated rings. The van der Waals surface area contributed by atoms with E-state index in [0.717, 1.165) is 5.56 Å². The maximum absolute atomic E-state index is 11.9. The molecule has 1 N–H and O–H groups in total. The van der Waals surface area contributed by atoms with Crippen LogP contribution in [-0.2, 0) is 14.3 Å². The fraction of sp³-hybridized carbons (Fsp3) is 0.455. The van der Waals surface area contributed by atoms with Crippen LogP contribution in [0.2, 0.25) is 0 Å². The molecule has 0 saturated carbocycles. The van der Waals surface area contributed by atoms with Crippen LogP contribution >= 0.6 is 0 Å². The van der Waals surface area contributed by atoms with E-state index in [1.165, 1.54) is 24.3 Å². The van der Waals surface area contributed by atoms with Gasteiger partial charge in [0.05, 0.1) is 24.0 Å². The van der Waals surface area contributed by atoms with Gasteiger partial charge in [0.25, 0.3) is 10.1 Å². The maximum atomic E-state index is 11.9. The van der Waals surface area contributed by atoms with Crippen molar-refractivity contribution in [2.45, 2.75) is 30.5 Å². The quantitative estimate of drug-likeness (QED) is 0.845. The first-order chi connectivity index (χ1) is 8.60. The van der Waals surface area contributed by atoms with E-state index in [4.69, 9.17) is 5.11 Å². The van der Waals surface area contributed by atoms with Gasteiger partial charge < -0.3 is 5.11 Å². The molecule has 0 aliphatic heterocycles. The van der Waals surface area contributed by atoms with E-state index >= 15 is 0 Å². The standard InChI is InChI=1S/C11H13F3O4S/c1-8-2-4-10(5-3-8)19(16,17)18-7-9(15)6-11(12,13)14/h2-5,9,15H,6-7H2,1H3. The van der Waals surface area contributed by atoms with E-state index in [9.17, 15) is 21.6 Å². The summed E-state index contributed by atoms with van der Waals surface area (Å²) < 4.78 is 63.4. The first kappa shape index (κ1) is 15.9. The largest absolute Gasteiger partial charge is 0.391 e. The predicted octanol–water partition coefficient (Wildman–Crippen LogP) is 2.01. The molecule has 1 atom stereocenters. The Balaban J connectivity index is 2.63. The Bertz CT molecular complexity index is 508. The lowest BCUT2D eigenvalue weighted by Crippen LogP contribution is -2.25. The summed E-state index contributed by atoms with van der Waals surface area (Å²) in [6, 6.07) is 5.62. The molecule has 19 heavy (non-hydrogen) atoms. The van der Waals surface area contributed by atoms with Crippen molar-refractivity contribution in [1.29, 1.82) is 0 Å². The van der Waals surface area contributed by atoms with Crippen LogP contribution in [0, 0.1) is 6.92 Å². The van der Waals surface area contributed by atoms with Crippen molar-refractivity contribution in [3.8, 4) is 0 Å². The van der Waals surface area contributed by atoms with Crippen molar-refractivity contribution >= 4 is 10.1 Å². The molecule has 0 heterocycles. The smallest absolute Gasteiger partial charge is 0.390 e. The predicted molar refractivity (Wildman–Crippen MR) is 61.0 cm³/mol. The van der Waals surface area contributed by atoms with Crippen molar-refractivity contribution in [3.63, 3.8) is 0 Å². The fourth-order valence-corrected chi connectivity index (χ4v) is 2.21. The molecule has 1 aromatic rings. The molecule has 0 aliphatic carbocycles. The van der Waals surface area contributed by atoms with Crippen LogP contribution < -0.4 is 0 Å². The minimum Gasteiger partial charge on any atom is -0.390 e. The van der Waals surface area contributed by atoms with Crippen molar-refractivity contribution in [2.75, 3.05) is 6.61 Å². The molecular formula is C11H13F3O4S. The third kappa shape index (κ3) is 5.58. The SMILES string of the molecule is Cc1ccc(S(=O)(=O)OCC(O)CC(F)(F)F)cc1. The van der Waals surface area contributed by atoms with Gasteiger partial charge in [-0.05, 0) is 19.1 Å². The Morgan fingerprint density at radius 1 is 1.26 bits per heavy atom. The van der Waals surface area contributed by atoms with Crippen LogP contribution in [0.3, 0.4) is 0 Å². The van der Waals surface area contributed by atoms with Crippen molar-refractivity contribution in [3.05, 3.63) is 29.8 Å². The minimum absolute atomic E-state index is 0.169. The normalized spacial score (nSPS) is 14.4. The van der Waals surface area contributed by atoms with Gasteiger partial charge in [-0.25, -0.2) is 0 Å². The van der Waals surface area contributed by atoms with Crippen molar-refractivity contribution < 1.29 is 30.9 Å². The average Bonchev–Trinajstić information content (AvgIpc) is 2.25. The van der Waals surface area contributed by atoms with Crippen molar-refractivity contribution in [1.82, 2.24) is 0 Å². The van der Waals surface area contributed by atoms with Gasteiger partial charge >= 0.3 is 6.18 Å². The molecule has 0 radical (unpaired) electrons. The first-order valence-corrected chi connectivity index (χ1v) is 6.72. The summed E-state index contributed by atoms with van der Waals surface area (Å²) >= 11 is 0. The molecular weight excluding hydrogens is 285 g/mol. The summed E-state index contributed by atoms with van der Waals surface area (Å²) in [5, 5.41) is 9.03. The third-order valence-electron chi connectivity index (χ3n) is 2.19. The van der Waals surface area contributed by atoms with Crippen LogP contribution in [0.15, 0.2) is 29.2 Å². The van der Waals surface area contributed by atoms with E-state index in [1.54, 1.807) is 6.92 Å². The Morgan fingerprint density at radius 3 is 2.26 bits per heavy atom. The molecule has 1 rings (SSSR count). The van der Waals surface area contributed by atoms with Crippen LogP contribution in [0.4, 0.5) is 13.2 Å². The zero-order chi connectivity index (χ0) is 14.7. The van der Waals surface area contributed by atoms with Gasteiger partial charge in [0.15, 0.2) is 0 Å². The van der Waals surface area contributed by atoms with Crippen LogP contribution in [0.1, 0.15) is 12.0 Å². The Kier molecular flexibility index (Phi) is 4.94. The van der Waals surface area contributed by atoms with Gasteiger partial charge in [-0.2, -0.15) is 21.6 Å². The number of aliphatic hydroxyl groups excluding tert-OH is 1. The Labute approximate surface area is 108 Å². The zero-order valence-corrected chi connectivity index (χ0v) is 10.8. The number of aryl methyl sites for hydroxylation is 1. The second-order valence-electron chi connectivity index (χ2n) is 4.02. The number of benzene rings is 1. The lowest BCUT2D eigenvalue weighted by molar-refractivity contribution is -0.156. The lowest BCUT2D eigenvalue weighted by atomic mass is 10.2. The summed E-state index contributed by atoms with van der Waals surface area (Å²) in [5.74, 6) is 0. The van der Waals surface area contributed by atoms with Gasteiger partial charge in [-0.1, -0.05) is 17.7 Å². The van der Waals surface area contributed by atoms with E-state index in [1.807, 2.05) is 0 Å². The maximum Gasteiger partial charge on any atom is 0.391 e. The van der Waals surface area contributed by atoms with Gasteiger partial charge in [-0.3, -0.25) is 4.18 Å². The molecule has 0 saturated heterocycles. The molecule has 0 bridgehead atoms. The summed E-state index contributed by atoms with van der Waals surface area (Å²) in [5.41, 5.74) is 0.830. The fourth-order valence-electron chi connectivity index (χ4n) is 1.27. The second kappa shape index (κ2) is 5.89. The Morgan fingerprint density at radius 2 is 1.79 bits per heavy atom. The van der Waals surface area contributed by atoms with Gasteiger partial charge in [0, 0.05) is 0 Å². The van der Waals surface area contributed by atoms with E-state index < -0.39 is 35.4 Å². The number of rotatable bonds is 5. The highest BCUT2D eigenvalue weighted by atomic mass is 32.2. The Hall–Kier alpha value is -1.12. The number of aliphatic hydroxyl groups is 1. The molecule has 0 aromatic heterocycles. The van der Waals surface area contributed by atoms with Gasteiger partial charge in [0.1, 0.15) is 0 Å². The van der Waals surface area contributed by atoms with Gasteiger partial charge in [-0.15, -0.1) is 0 Å². The number of alkyl halides is 3. The highest BCUT2D eigenvalue weighted by molar-refractivity contribution is 7.86. The van der Waals surface area contributed by atoms with E-state index in [-0.39, 0.29) is 4.90 Å². The summed E-state index contributed by atoms with van der Waals surface area (Å²) in [6.45, 7) is 0.820. The van der Waals surface area contributed by atoms with E-state index in [0.29, 0.717) is 0 Å². The molecule has 0 aliphatic rings. The van der Waals surface area contributed by atoms with Crippen LogP contribution in [0.5, 0.6) is 0 Å². The summed E-state index contributed by atoms with van der Waals surface area (Å²) in [6.07, 6.45) is -8.01. The molecule has 0 amide bonds. The number of hydrogen-bond donors (Lipinski definition) is 1. The molecule has 108 valence electrons. The summed E-state index contributed by atoms with van der Waals surface area (Å²) in [7, 11) is -4.16. The van der Waals surface area contributed by atoms with Crippen LogP contribution in [0.25, 0.3) is 0 Å². The third-order valence-corrected chi connectivity index (χ3v) is 3.49. The minimum atomic E-state index is -4.57. The molecule has 1 unspecified atom stereocenters. The lowest BCUT2D eigenvalue weighted by Gasteiger charge is -2.13. The molecule has 4 nitrogen and oxygen atoms in total. The highest BCUT2D eigenvalue weighted by Crippen LogP contribution is 2.22. The first-order valence-electron chi connectivity index (χ1n) is 5.31. The van der Waals surface area contributed by atoms with Gasteiger partial charge in [0.2, 0.25) is 0 Å². The zero-order valence-electron chi connectivity index (χ0n) is 10.0. The number of hydrogen-bond acceptors (Lipinski definition) is 4. The van der Waals surface area contributed by atoms with Crippen LogP contribution in [-0.4, -0.2) is 32.4 Å². The highest BCUT2D eigenvalue weighted by Gasteiger charge is 2.32. The number of halogens is 3. The molecule has 0 spiro atoms. The topological polar surface area (TPSA) is 63.6 Å².